The lowest BCUT2D eigenvalue weighted by Gasteiger charge is -1.99. The molecule has 3 rings (SSSR count). The quantitative estimate of drug-likeness (QED) is 0.904. The van der Waals surface area contributed by atoms with E-state index in [-0.39, 0.29) is 5.82 Å². The number of aromatic nitrogens is 1. The zero-order valence-corrected chi connectivity index (χ0v) is 11.8. The van der Waals surface area contributed by atoms with E-state index in [9.17, 15) is 4.39 Å². The van der Waals surface area contributed by atoms with Gasteiger partial charge in [0.05, 0.1) is 10.7 Å². The van der Waals surface area contributed by atoms with E-state index in [1.54, 1.807) is 17.4 Å². The molecule has 100 valence electrons. The molecule has 1 aliphatic carbocycles. The maximum Gasteiger partial charge on any atom is 0.126 e. The molecule has 1 aromatic carbocycles. The number of nitrogens with one attached hydrogen (secondary N) is 1. The molecule has 1 fully saturated rings. The molecular weight excluding hydrogens is 259 g/mol. The summed E-state index contributed by atoms with van der Waals surface area (Å²) in [6.07, 6.45) is 3.10. The molecule has 1 aromatic heterocycles. The maximum absolute atomic E-state index is 13.7. The summed E-state index contributed by atoms with van der Waals surface area (Å²) in [6.45, 7) is 0.862. The van der Waals surface area contributed by atoms with E-state index in [1.807, 2.05) is 19.2 Å². The van der Waals surface area contributed by atoms with Gasteiger partial charge in [0, 0.05) is 23.8 Å². The summed E-state index contributed by atoms with van der Waals surface area (Å²) in [5.74, 6) is 0.509. The van der Waals surface area contributed by atoms with Gasteiger partial charge in [0.1, 0.15) is 5.82 Å². The number of rotatable bonds is 5. The van der Waals surface area contributed by atoms with Crippen molar-refractivity contribution >= 4 is 11.3 Å². The van der Waals surface area contributed by atoms with Crippen LogP contribution in [0.2, 0.25) is 0 Å². The third kappa shape index (κ3) is 2.85. The fourth-order valence-electron chi connectivity index (χ4n) is 2.26. The summed E-state index contributed by atoms with van der Waals surface area (Å²) >= 11 is 1.72. The second kappa shape index (κ2) is 5.39. The second-order valence-electron chi connectivity index (χ2n) is 4.99. The first-order chi connectivity index (χ1) is 9.28. The summed E-state index contributed by atoms with van der Waals surface area (Å²) in [6, 6.07) is 6.95. The van der Waals surface area contributed by atoms with Crippen LogP contribution in [0.3, 0.4) is 0 Å². The molecule has 1 aliphatic rings. The van der Waals surface area contributed by atoms with Crippen LogP contribution in [0.4, 0.5) is 4.39 Å². The largest absolute Gasteiger partial charge is 0.315 e. The van der Waals surface area contributed by atoms with E-state index in [0.717, 1.165) is 17.1 Å². The SMILES string of the molecule is CNCc1sc(Cc2ccccc2F)nc1C1CC1. The predicted molar refractivity (Wildman–Crippen MR) is 76.1 cm³/mol. The molecule has 1 saturated carbocycles. The highest BCUT2D eigenvalue weighted by molar-refractivity contribution is 7.11. The molecule has 2 nitrogen and oxygen atoms in total. The number of hydrogen-bond donors (Lipinski definition) is 1. The Morgan fingerprint density at radius 3 is 2.84 bits per heavy atom. The van der Waals surface area contributed by atoms with Crippen molar-refractivity contribution in [2.45, 2.75) is 31.7 Å². The van der Waals surface area contributed by atoms with Crippen LogP contribution < -0.4 is 5.32 Å². The molecule has 0 atom stereocenters. The van der Waals surface area contributed by atoms with Crippen molar-refractivity contribution < 1.29 is 4.39 Å². The Morgan fingerprint density at radius 2 is 2.16 bits per heavy atom. The molecule has 0 bridgehead atoms. The van der Waals surface area contributed by atoms with Crippen molar-refractivity contribution in [2.24, 2.45) is 0 Å². The van der Waals surface area contributed by atoms with Gasteiger partial charge >= 0.3 is 0 Å². The van der Waals surface area contributed by atoms with Crippen LogP contribution in [0.25, 0.3) is 0 Å². The Bertz CT molecular complexity index is 575. The molecule has 19 heavy (non-hydrogen) atoms. The molecule has 0 amide bonds. The van der Waals surface area contributed by atoms with E-state index in [2.05, 4.69) is 5.32 Å². The first-order valence-electron chi connectivity index (χ1n) is 6.64. The third-order valence-corrected chi connectivity index (χ3v) is 4.44. The molecule has 0 spiro atoms. The Labute approximate surface area is 116 Å². The minimum absolute atomic E-state index is 0.138. The smallest absolute Gasteiger partial charge is 0.126 e. The maximum atomic E-state index is 13.7. The number of halogens is 1. The Balaban J connectivity index is 1.85. The average molecular weight is 276 g/mol. The highest BCUT2D eigenvalue weighted by atomic mass is 32.1. The topological polar surface area (TPSA) is 24.9 Å². The summed E-state index contributed by atoms with van der Waals surface area (Å²) in [7, 11) is 1.95. The number of hydrogen-bond acceptors (Lipinski definition) is 3. The van der Waals surface area contributed by atoms with Gasteiger partial charge in [-0.1, -0.05) is 18.2 Å². The summed E-state index contributed by atoms with van der Waals surface area (Å²) in [5, 5.41) is 4.22. The van der Waals surface area contributed by atoms with Crippen LogP contribution in [-0.4, -0.2) is 12.0 Å². The molecule has 0 aliphatic heterocycles. The molecule has 4 heteroatoms. The lowest BCUT2D eigenvalue weighted by molar-refractivity contribution is 0.613. The Morgan fingerprint density at radius 1 is 1.37 bits per heavy atom. The normalized spacial score (nSPS) is 14.8. The van der Waals surface area contributed by atoms with E-state index in [1.165, 1.54) is 29.5 Å². The lowest BCUT2D eigenvalue weighted by Crippen LogP contribution is -2.05. The van der Waals surface area contributed by atoms with Gasteiger partial charge in [-0.2, -0.15) is 0 Å². The molecule has 1 heterocycles. The summed E-state index contributed by atoms with van der Waals surface area (Å²) in [4.78, 5) is 6.06. The zero-order chi connectivity index (χ0) is 13.2. The van der Waals surface area contributed by atoms with Gasteiger partial charge in [0.25, 0.3) is 0 Å². The highest BCUT2D eigenvalue weighted by Crippen LogP contribution is 2.42. The fraction of sp³-hybridized carbons (Fsp3) is 0.400. The molecule has 0 unspecified atom stereocenters. The molecule has 0 saturated heterocycles. The van der Waals surface area contributed by atoms with E-state index < -0.39 is 0 Å². The van der Waals surface area contributed by atoms with Gasteiger partial charge in [-0.05, 0) is 31.5 Å². The van der Waals surface area contributed by atoms with E-state index in [0.29, 0.717) is 12.3 Å². The van der Waals surface area contributed by atoms with Crippen molar-refractivity contribution in [1.82, 2.24) is 10.3 Å². The van der Waals surface area contributed by atoms with Crippen molar-refractivity contribution in [3.8, 4) is 0 Å². The summed E-state index contributed by atoms with van der Waals surface area (Å²) < 4.78 is 13.7. The number of thiazole rings is 1. The molecular formula is C15H17FN2S. The molecule has 2 aromatic rings. The first kappa shape index (κ1) is 12.8. The zero-order valence-electron chi connectivity index (χ0n) is 10.9. The number of nitrogens with zero attached hydrogens (tertiary/aromatic N) is 1. The predicted octanol–water partition coefficient (Wildman–Crippen LogP) is 3.47. The lowest BCUT2D eigenvalue weighted by atomic mass is 10.1. The van der Waals surface area contributed by atoms with Crippen LogP contribution in [0, 0.1) is 5.82 Å². The van der Waals surface area contributed by atoms with Crippen LogP contribution in [0.5, 0.6) is 0 Å². The van der Waals surface area contributed by atoms with Gasteiger partial charge in [-0.25, -0.2) is 9.37 Å². The molecule has 0 radical (unpaired) electrons. The third-order valence-electron chi connectivity index (χ3n) is 3.37. The van der Waals surface area contributed by atoms with Crippen LogP contribution >= 0.6 is 11.3 Å². The Hall–Kier alpha value is -1.26. The van der Waals surface area contributed by atoms with Gasteiger partial charge in [0.15, 0.2) is 0 Å². The van der Waals surface area contributed by atoms with Crippen molar-refractivity contribution in [3.63, 3.8) is 0 Å². The standard InChI is InChI=1S/C15H17FN2S/c1-17-9-13-15(10-6-7-10)18-14(19-13)8-11-4-2-3-5-12(11)16/h2-5,10,17H,6-9H2,1H3. The van der Waals surface area contributed by atoms with Gasteiger partial charge in [0.2, 0.25) is 0 Å². The Kier molecular flexibility index (Phi) is 3.62. The number of benzene rings is 1. The minimum Gasteiger partial charge on any atom is -0.315 e. The first-order valence-corrected chi connectivity index (χ1v) is 7.46. The minimum atomic E-state index is -0.138. The van der Waals surface area contributed by atoms with Crippen LogP contribution in [-0.2, 0) is 13.0 Å². The van der Waals surface area contributed by atoms with E-state index in [4.69, 9.17) is 4.98 Å². The van der Waals surface area contributed by atoms with Crippen molar-refractivity contribution in [2.75, 3.05) is 7.05 Å². The second-order valence-corrected chi connectivity index (χ2v) is 6.16. The summed E-state index contributed by atoms with van der Waals surface area (Å²) in [5.41, 5.74) is 1.97. The average Bonchev–Trinajstić information content (AvgIpc) is 3.17. The van der Waals surface area contributed by atoms with Crippen LogP contribution in [0.1, 0.15) is 39.9 Å². The van der Waals surface area contributed by atoms with Crippen molar-refractivity contribution in [3.05, 3.63) is 51.2 Å². The monoisotopic (exact) mass is 276 g/mol. The highest BCUT2D eigenvalue weighted by Gasteiger charge is 2.29. The van der Waals surface area contributed by atoms with E-state index >= 15 is 0 Å². The van der Waals surface area contributed by atoms with Gasteiger partial charge in [-0.3, -0.25) is 0 Å². The van der Waals surface area contributed by atoms with Crippen LogP contribution in [0.15, 0.2) is 24.3 Å². The molecule has 1 N–H and O–H groups in total. The van der Waals surface area contributed by atoms with Gasteiger partial charge in [-0.15, -0.1) is 11.3 Å². The fourth-order valence-corrected chi connectivity index (χ4v) is 3.45. The van der Waals surface area contributed by atoms with Gasteiger partial charge < -0.3 is 5.32 Å². The van der Waals surface area contributed by atoms with Crippen molar-refractivity contribution in [1.29, 1.82) is 0 Å².